The molecule has 0 aromatic carbocycles. The van der Waals surface area contributed by atoms with Gasteiger partial charge in [0.05, 0.1) is 0 Å². The van der Waals surface area contributed by atoms with Crippen molar-refractivity contribution in [1.29, 1.82) is 0 Å². The lowest BCUT2D eigenvalue weighted by Gasteiger charge is -2.28. The van der Waals surface area contributed by atoms with Crippen molar-refractivity contribution in [2.45, 2.75) is 51.5 Å². The van der Waals surface area contributed by atoms with Gasteiger partial charge in [0.2, 0.25) is 0 Å². The largest absolute Gasteiger partial charge is 0.478 e. The van der Waals surface area contributed by atoms with E-state index in [1.54, 1.807) is 6.07 Å². The molecule has 0 atom stereocenters. The van der Waals surface area contributed by atoms with Gasteiger partial charge in [0.1, 0.15) is 11.4 Å². The van der Waals surface area contributed by atoms with Crippen molar-refractivity contribution in [3.63, 3.8) is 0 Å². The van der Waals surface area contributed by atoms with Crippen LogP contribution in [0.2, 0.25) is 0 Å². The summed E-state index contributed by atoms with van der Waals surface area (Å²) < 4.78 is 0. The average molecular weight is 278 g/mol. The SMILES string of the molecule is CC(C)(CCO)Nc1nc2c(cc1C(=O)O)CCCC2. The Morgan fingerprint density at radius 3 is 2.75 bits per heavy atom. The van der Waals surface area contributed by atoms with Gasteiger partial charge in [-0.3, -0.25) is 0 Å². The first-order valence-electron chi connectivity index (χ1n) is 7.08. The van der Waals surface area contributed by atoms with E-state index in [2.05, 4.69) is 10.3 Å². The van der Waals surface area contributed by atoms with Crippen LogP contribution < -0.4 is 5.32 Å². The lowest BCUT2D eigenvalue weighted by Crippen LogP contribution is -2.33. The van der Waals surface area contributed by atoms with E-state index in [-0.39, 0.29) is 12.2 Å². The molecular formula is C15H22N2O3. The zero-order valence-corrected chi connectivity index (χ0v) is 12.1. The lowest BCUT2D eigenvalue weighted by atomic mass is 9.94. The third-order valence-electron chi connectivity index (χ3n) is 3.72. The van der Waals surface area contributed by atoms with E-state index in [4.69, 9.17) is 5.11 Å². The second kappa shape index (κ2) is 5.79. The third kappa shape index (κ3) is 3.28. The molecular weight excluding hydrogens is 256 g/mol. The van der Waals surface area contributed by atoms with Gasteiger partial charge in [-0.1, -0.05) is 0 Å². The molecule has 1 aromatic heterocycles. The van der Waals surface area contributed by atoms with Crippen molar-refractivity contribution in [3.8, 4) is 0 Å². The standard InChI is InChI=1S/C15H22N2O3/c1-15(2,7-8-18)17-13-11(14(19)20)9-10-5-3-4-6-12(10)16-13/h9,18H,3-8H2,1-2H3,(H,16,17)(H,19,20). The first-order chi connectivity index (χ1) is 9.43. The summed E-state index contributed by atoms with van der Waals surface area (Å²) in [6.07, 6.45) is 4.54. The minimum Gasteiger partial charge on any atom is -0.478 e. The van der Waals surface area contributed by atoms with Crippen LogP contribution in [0.25, 0.3) is 0 Å². The van der Waals surface area contributed by atoms with Gasteiger partial charge in [-0.25, -0.2) is 9.78 Å². The summed E-state index contributed by atoms with van der Waals surface area (Å²) in [5.41, 5.74) is 1.88. The van der Waals surface area contributed by atoms with E-state index in [1.165, 1.54) is 0 Å². The number of aromatic nitrogens is 1. The topological polar surface area (TPSA) is 82.5 Å². The molecule has 0 saturated carbocycles. The number of carbonyl (C=O) groups is 1. The molecule has 1 aliphatic carbocycles. The molecule has 1 aromatic rings. The Morgan fingerprint density at radius 1 is 1.40 bits per heavy atom. The molecule has 0 aliphatic heterocycles. The molecule has 2 rings (SSSR count). The lowest BCUT2D eigenvalue weighted by molar-refractivity contribution is 0.0697. The van der Waals surface area contributed by atoms with Gasteiger partial charge >= 0.3 is 5.97 Å². The van der Waals surface area contributed by atoms with Crippen LogP contribution in [0.1, 0.15) is 54.7 Å². The number of carboxylic acid groups (broad SMARTS) is 1. The zero-order chi connectivity index (χ0) is 14.8. The van der Waals surface area contributed by atoms with E-state index in [9.17, 15) is 9.90 Å². The number of aryl methyl sites for hydroxylation is 2. The fraction of sp³-hybridized carbons (Fsp3) is 0.600. The van der Waals surface area contributed by atoms with Gasteiger partial charge in [0.25, 0.3) is 0 Å². The Bertz CT molecular complexity index is 512. The number of pyridine rings is 1. The van der Waals surface area contributed by atoms with Crippen LogP contribution in [0, 0.1) is 0 Å². The van der Waals surface area contributed by atoms with Crippen LogP contribution in [0.3, 0.4) is 0 Å². The summed E-state index contributed by atoms with van der Waals surface area (Å²) in [5.74, 6) is -0.551. The minimum absolute atomic E-state index is 0.0490. The first kappa shape index (κ1) is 14.8. The molecule has 0 radical (unpaired) electrons. The number of rotatable bonds is 5. The monoisotopic (exact) mass is 278 g/mol. The second-order valence-corrected chi connectivity index (χ2v) is 5.99. The van der Waals surface area contributed by atoms with Gasteiger partial charge in [0.15, 0.2) is 0 Å². The predicted molar refractivity (Wildman–Crippen MR) is 77.2 cm³/mol. The number of fused-ring (bicyclic) bond motifs is 1. The Hall–Kier alpha value is -1.62. The summed E-state index contributed by atoms with van der Waals surface area (Å²) in [6.45, 7) is 3.90. The number of aliphatic hydroxyl groups excluding tert-OH is 1. The highest BCUT2D eigenvalue weighted by molar-refractivity contribution is 5.93. The number of nitrogens with one attached hydrogen (secondary N) is 1. The summed E-state index contributed by atoms with van der Waals surface area (Å²) >= 11 is 0. The van der Waals surface area contributed by atoms with E-state index in [0.29, 0.717) is 12.2 Å². The molecule has 1 heterocycles. The van der Waals surface area contributed by atoms with Crippen LogP contribution in [-0.2, 0) is 12.8 Å². The van der Waals surface area contributed by atoms with Crippen LogP contribution in [0.15, 0.2) is 6.07 Å². The molecule has 20 heavy (non-hydrogen) atoms. The summed E-state index contributed by atoms with van der Waals surface area (Å²) in [6, 6.07) is 1.75. The molecule has 0 fully saturated rings. The van der Waals surface area contributed by atoms with Crippen molar-refractivity contribution in [3.05, 3.63) is 22.9 Å². The highest BCUT2D eigenvalue weighted by Gasteiger charge is 2.23. The van der Waals surface area contributed by atoms with Gasteiger partial charge in [0, 0.05) is 17.8 Å². The Kier molecular flexibility index (Phi) is 4.28. The second-order valence-electron chi connectivity index (χ2n) is 5.99. The van der Waals surface area contributed by atoms with Crippen LogP contribution >= 0.6 is 0 Å². The summed E-state index contributed by atoms with van der Waals surface area (Å²) in [5, 5.41) is 21.6. The van der Waals surface area contributed by atoms with Crippen molar-refractivity contribution in [1.82, 2.24) is 4.98 Å². The fourth-order valence-electron chi connectivity index (χ4n) is 2.55. The van der Waals surface area contributed by atoms with Crippen LogP contribution in [-0.4, -0.2) is 33.3 Å². The number of anilines is 1. The molecule has 1 aliphatic rings. The Balaban J connectivity index is 2.37. The summed E-state index contributed by atoms with van der Waals surface area (Å²) in [7, 11) is 0. The number of hydrogen-bond donors (Lipinski definition) is 3. The molecule has 5 nitrogen and oxygen atoms in total. The quantitative estimate of drug-likeness (QED) is 0.769. The Labute approximate surface area is 119 Å². The number of nitrogens with zero attached hydrogens (tertiary/aromatic N) is 1. The predicted octanol–water partition coefficient (Wildman–Crippen LogP) is 2.23. The maximum atomic E-state index is 11.4. The molecule has 0 saturated heterocycles. The number of aliphatic hydroxyl groups is 1. The van der Waals surface area contributed by atoms with Crippen molar-refractivity contribution < 1.29 is 15.0 Å². The number of hydrogen-bond acceptors (Lipinski definition) is 4. The van der Waals surface area contributed by atoms with Crippen LogP contribution in [0.4, 0.5) is 5.82 Å². The highest BCUT2D eigenvalue weighted by atomic mass is 16.4. The normalized spacial score (nSPS) is 14.8. The van der Waals surface area contributed by atoms with Crippen LogP contribution in [0.5, 0.6) is 0 Å². The molecule has 0 bridgehead atoms. The molecule has 110 valence electrons. The zero-order valence-electron chi connectivity index (χ0n) is 12.1. The van der Waals surface area contributed by atoms with E-state index in [1.807, 2.05) is 13.8 Å². The molecule has 0 unspecified atom stereocenters. The number of carboxylic acids is 1. The number of aromatic carboxylic acids is 1. The smallest absolute Gasteiger partial charge is 0.339 e. The summed E-state index contributed by atoms with van der Waals surface area (Å²) in [4.78, 5) is 16.0. The molecule has 5 heteroatoms. The van der Waals surface area contributed by atoms with Crippen molar-refractivity contribution >= 4 is 11.8 Å². The first-order valence-corrected chi connectivity index (χ1v) is 7.08. The highest BCUT2D eigenvalue weighted by Crippen LogP contribution is 2.27. The fourth-order valence-corrected chi connectivity index (χ4v) is 2.55. The van der Waals surface area contributed by atoms with Gasteiger partial charge in [-0.05, 0) is 57.6 Å². The van der Waals surface area contributed by atoms with E-state index in [0.717, 1.165) is 36.9 Å². The average Bonchev–Trinajstić information content (AvgIpc) is 2.37. The van der Waals surface area contributed by atoms with Gasteiger partial charge < -0.3 is 15.5 Å². The van der Waals surface area contributed by atoms with Gasteiger partial charge in [-0.2, -0.15) is 0 Å². The van der Waals surface area contributed by atoms with Crippen molar-refractivity contribution in [2.75, 3.05) is 11.9 Å². The maximum Gasteiger partial charge on any atom is 0.339 e. The molecule has 3 N–H and O–H groups in total. The Morgan fingerprint density at radius 2 is 2.10 bits per heavy atom. The van der Waals surface area contributed by atoms with E-state index < -0.39 is 11.5 Å². The third-order valence-corrected chi connectivity index (χ3v) is 3.72. The maximum absolute atomic E-state index is 11.4. The minimum atomic E-state index is -0.965. The molecule has 0 spiro atoms. The van der Waals surface area contributed by atoms with Gasteiger partial charge in [-0.15, -0.1) is 0 Å². The van der Waals surface area contributed by atoms with Crippen molar-refractivity contribution in [2.24, 2.45) is 0 Å². The molecule has 0 amide bonds. The van der Waals surface area contributed by atoms with E-state index >= 15 is 0 Å².